The number of hydrogen-bond donors (Lipinski definition) is 0. The van der Waals surface area contributed by atoms with Crippen LogP contribution in [0.2, 0.25) is 10.0 Å². The molecule has 0 fully saturated rings. The molecule has 90 valence electrons. The molecule has 6 heteroatoms. The average molecular weight is 289 g/mol. The van der Waals surface area contributed by atoms with Gasteiger partial charge in [0.05, 0.1) is 10.3 Å². The Morgan fingerprint density at radius 1 is 1.35 bits per heavy atom. The first-order valence-corrected chi connectivity index (χ1v) is 6.61. The van der Waals surface area contributed by atoms with Crippen LogP contribution in [0.5, 0.6) is 0 Å². The molecule has 0 bridgehead atoms. The van der Waals surface area contributed by atoms with Crippen molar-refractivity contribution in [1.29, 1.82) is 0 Å². The van der Waals surface area contributed by atoms with Crippen molar-refractivity contribution in [2.75, 3.05) is 0 Å². The number of rotatable bonds is 3. The first-order chi connectivity index (χ1) is 8.06. The quantitative estimate of drug-likeness (QED) is 0.778. The summed E-state index contributed by atoms with van der Waals surface area (Å²) in [7, 11) is 0. The minimum Gasteiger partial charge on any atom is -0.338 e. The van der Waals surface area contributed by atoms with Gasteiger partial charge in [0, 0.05) is 9.92 Å². The zero-order chi connectivity index (χ0) is 12.4. The summed E-state index contributed by atoms with van der Waals surface area (Å²) in [4.78, 5) is 5.09. The Kier molecular flexibility index (Phi) is 3.97. The molecule has 0 spiro atoms. The van der Waals surface area contributed by atoms with Crippen LogP contribution < -0.4 is 0 Å². The predicted molar refractivity (Wildman–Crippen MR) is 69.8 cm³/mol. The number of halogens is 2. The molecule has 0 N–H and O–H groups in total. The fourth-order valence-electron chi connectivity index (χ4n) is 1.29. The number of aryl methyl sites for hydroxylation is 1. The lowest BCUT2D eigenvalue weighted by Crippen LogP contribution is -1.89. The molecule has 0 aliphatic carbocycles. The fraction of sp³-hybridized carbons (Fsp3) is 0.273. The zero-order valence-corrected chi connectivity index (χ0v) is 11.6. The minimum absolute atomic E-state index is 0.0344. The summed E-state index contributed by atoms with van der Waals surface area (Å²) in [6.07, 6.45) is 0. The van der Waals surface area contributed by atoms with Crippen LogP contribution in [0.15, 0.2) is 27.6 Å². The van der Waals surface area contributed by atoms with Gasteiger partial charge in [-0.3, -0.25) is 0 Å². The number of nitrogens with zero attached hydrogens (tertiary/aromatic N) is 2. The van der Waals surface area contributed by atoms with Crippen molar-refractivity contribution in [2.24, 2.45) is 0 Å². The van der Waals surface area contributed by atoms with Crippen molar-refractivity contribution in [1.82, 2.24) is 10.1 Å². The fourth-order valence-corrected chi connectivity index (χ4v) is 2.73. The van der Waals surface area contributed by atoms with E-state index >= 15 is 0 Å². The van der Waals surface area contributed by atoms with Crippen LogP contribution in [-0.2, 0) is 0 Å². The molecular weight excluding hydrogens is 279 g/mol. The summed E-state index contributed by atoms with van der Waals surface area (Å²) in [6.45, 7) is 3.77. The highest BCUT2D eigenvalue weighted by Crippen LogP contribution is 2.38. The number of benzene rings is 1. The van der Waals surface area contributed by atoms with Crippen molar-refractivity contribution in [3.8, 4) is 0 Å². The molecule has 2 rings (SSSR count). The van der Waals surface area contributed by atoms with Gasteiger partial charge in [-0.05, 0) is 32.0 Å². The highest BCUT2D eigenvalue weighted by Gasteiger charge is 2.16. The molecule has 1 heterocycles. The Balaban J connectivity index is 2.18. The van der Waals surface area contributed by atoms with Crippen LogP contribution in [0.25, 0.3) is 0 Å². The molecule has 0 aliphatic heterocycles. The maximum Gasteiger partial charge on any atom is 0.239 e. The Hall–Kier alpha value is -0.710. The largest absolute Gasteiger partial charge is 0.338 e. The smallest absolute Gasteiger partial charge is 0.239 e. The third-order valence-corrected chi connectivity index (χ3v) is 3.91. The van der Waals surface area contributed by atoms with Gasteiger partial charge in [-0.25, -0.2) is 0 Å². The summed E-state index contributed by atoms with van der Waals surface area (Å²) in [6, 6.07) is 5.36. The maximum atomic E-state index is 6.09. The molecule has 0 radical (unpaired) electrons. The van der Waals surface area contributed by atoms with Gasteiger partial charge in [0.15, 0.2) is 5.82 Å². The summed E-state index contributed by atoms with van der Waals surface area (Å²) >= 11 is 13.6. The lowest BCUT2D eigenvalue weighted by molar-refractivity contribution is 0.376. The van der Waals surface area contributed by atoms with E-state index in [2.05, 4.69) is 10.1 Å². The molecular formula is C11H10Cl2N2OS. The predicted octanol–water partition coefficient (Wildman–Crippen LogP) is 4.54. The van der Waals surface area contributed by atoms with Gasteiger partial charge >= 0.3 is 0 Å². The van der Waals surface area contributed by atoms with Gasteiger partial charge in [-0.2, -0.15) is 4.98 Å². The first-order valence-electron chi connectivity index (χ1n) is 4.98. The molecule has 0 amide bonds. The molecule has 1 aromatic heterocycles. The van der Waals surface area contributed by atoms with Gasteiger partial charge in [0.25, 0.3) is 0 Å². The first kappa shape index (κ1) is 12.7. The van der Waals surface area contributed by atoms with E-state index in [1.54, 1.807) is 19.1 Å². The molecule has 1 aromatic carbocycles. The van der Waals surface area contributed by atoms with E-state index < -0.39 is 0 Å². The van der Waals surface area contributed by atoms with Crippen molar-refractivity contribution < 1.29 is 4.52 Å². The van der Waals surface area contributed by atoms with Crippen LogP contribution in [0.4, 0.5) is 0 Å². The summed E-state index contributed by atoms with van der Waals surface area (Å²) < 4.78 is 5.11. The lowest BCUT2D eigenvalue weighted by Gasteiger charge is -2.08. The molecule has 0 aliphatic rings. The van der Waals surface area contributed by atoms with Gasteiger partial charge < -0.3 is 4.52 Å². The van der Waals surface area contributed by atoms with E-state index in [0.29, 0.717) is 21.8 Å². The third-order valence-electron chi connectivity index (χ3n) is 2.09. The topological polar surface area (TPSA) is 38.9 Å². The van der Waals surface area contributed by atoms with Crippen molar-refractivity contribution in [2.45, 2.75) is 24.0 Å². The van der Waals surface area contributed by atoms with Crippen LogP contribution in [0.3, 0.4) is 0 Å². The van der Waals surface area contributed by atoms with Crippen LogP contribution in [-0.4, -0.2) is 10.1 Å². The number of hydrogen-bond acceptors (Lipinski definition) is 4. The minimum atomic E-state index is 0.0344. The summed E-state index contributed by atoms with van der Waals surface area (Å²) in [5, 5.41) is 5.12. The number of thioether (sulfide) groups is 1. The van der Waals surface area contributed by atoms with E-state index in [4.69, 9.17) is 27.7 Å². The van der Waals surface area contributed by atoms with Crippen molar-refractivity contribution in [3.63, 3.8) is 0 Å². The Morgan fingerprint density at radius 3 is 2.76 bits per heavy atom. The molecule has 17 heavy (non-hydrogen) atoms. The molecule has 0 saturated carbocycles. The normalized spacial score (nSPS) is 12.7. The highest BCUT2D eigenvalue weighted by atomic mass is 35.5. The Bertz CT molecular complexity index is 530. The number of aromatic nitrogens is 2. The average Bonchev–Trinajstić information content (AvgIpc) is 2.70. The summed E-state index contributed by atoms with van der Waals surface area (Å²) in [5.74, 6) is 1.22. The third kappa shape index (κ3) is 3.15. The second-order valence-corrected chi connectivity index (χ2v) is 5.74. The second-order valence-electron chi connectivity index (χ2n) is 3.51. The van der Waals surface area contributed by atoms with Crippen LogP contribution >= 0.6 is 35.0 Å². The van der Waals surface area contributed by atoms with Crippen LogP contribution in [0, 0.1) is 6.92 Å². The zero-order valence-electron chi connectivity index (χ0n) is 9.28. The Morgan fingerprint density at radius 2 is 2.12 bits per heavy atom. The second kappa shape index (κ2) is 5.29. The van der Waals surface area contributed by atoms with Gasteiger partial charge in [0.1, 0.15) is 0 Å². The van der Waals surface area contributed by atoms with E-state index in [-0.39, 0.29) is 5.25 Å². The van der Waals surface area contributed by atoms with E-state index in [9.17, 15) is 0 Å². The molecule has 0 saturated heterocycles. The standard InChI is InChI=1S/C11H10Cl2N2OS/c1-6(11-14-7(2)15-16-11)17-10-5-8(12)3-4-9(10)13/h3-6H,1-2H3. The van der Waals surface area contributed by atoms with Gasteiger partial charge in [-0.15, -0.1) is 11.8 Å². The van der Waals surface area contributed by atoms with E-state index in [1.807, 2.05) is 13.0 Å². The monoisotopic (exact) mass is 288 g/mol. The van der Waals surface area contributed by atoms with Crippen molar-refractivity contribution in [3.05, 3.63) is 40.0 Å². The van der Waals surface area contributed by atoms with E-state index in [0.717, 1.165) is 4.90 Å². The van der Waals surface area contributed by atoms with Gasteiger partial charge in [-0.1, -0.05) is 28.4 Å². The molecule has 2 aromatic rings. The van der Waals surface area contributed by atoms with Crippen molar-refractivity contribution >= 4 is 35.0 Å². The molecule has 3 nitrogen and oxygen atoms in total. The lowest BCUT2D eigenvalue weighted by atomic mass is 10.4. The van der Waals surface area contributed by atoms with Crippen LogP contribution in [0.1, 0.15) is 23.9 Å². The van der Waals surface area contributed by atoms with Gasteiger partial charge in [0.2, 0.25) is 5.89 Å². The SMILES string of the molecule is Cc1noc(C(C)Sc2cc(Cl)ccc2Cl)n1. The van der Waals surface area contributed by atoms with E-state index in [1.165, 1.54) is 11.8 Å². The Labute approximate surface area is 113 Å². The molecule has 1 unspecified atom stereocenters. The highest BCUT2D eigenvalue weighted by molar-refractivity contribution is 7.99. The molecule has 1 atom stereocenters. The summed E-state index contributed by atoms with van der Waals surface area (Å²) in [5.41, 5.74) is 0. The maximum absolute atomic E-state index is 6.09.